The van der Waals surface area contributed by atoms with Gasteiger partial charge < -0.3 is 4.57 Å². The Labute approximate surface area is 87.8 Å². The molecule has 0 amide bonds. The first-order valence-corrected chi connectivity index (χ1v) is 4.95. The monoisotopic (exact) mass is 203 g/mol. The smallest absolute Gasteiger partial charge is 0.181 e. The molecule has 78 valence electrons. The van der Waals surface area contributed by atoms with Crippen LogP contribution in [0.25, 0.3) is 0 Å². The van der Waals surface area contributed by atoms with Crippen LogP contribution in [0.4, 0.5) is 0 Å². The van der Waals surface area contributed by atoms with Gasteiger partial charge in [-0.2, -0.15) is 5.10 Å². The predicted molar refractivity (Wildman–Crippen MR) is 57.7 cm³/mol. The van der Waals surface area contributed by atoms with Gasteiger partial charge in [0, 0.05) is 42.8 Å². The van der Waals surface area contributed by atoms with E-state index in [4.69, 9.17) is 0 Å². The maximum Gasteiger partial charge on any atom is 0.181 e. The molecule has 0 fully saturated rings. The second-order valence-corrected chi connectivity index (χ2v) is 3.41. The number of aryl methyl sites for hydroxylation is 1. The lowest BCUT2D eigenvalue weighted by molar-refractivity contribution is 0.658. The van der Waals surface area contributed by atoms with Crippen molar-refractivity contribution in [3.8, 4) is 0 Å². The lowest BCUT2D eigenvalue weighted by Crippen LogP contribution is -2.04. The fourth-order valence-electron chi connectivity index (χ4n) is 1.42. The molecule has 0 aromatic carbocycles. The molecule has 0 saturated carbocycles. The molecule has 15 heavy (non-hydrogen) atoms. The van der Waals surface area contributed by atoms with E-state index in [0.717, 1.165) is 18.7 Å². The molecule has 0 saturated heterocycles. The third kappa shape index (κ3) is 2.34. The standard InChI is InChI=1S/C11H13N3O/c1-2-14-9-10(7-12-14)8-13-5-3-11(15)4-6-13/h3-7,9H,2,8H2,1H3. The first-order valence-electron chi connectivity index (χ1n) is 4.95. The van der Waals surface area contributed by atoms with E-state index in [0.29, 0.717) is 0 Å². The van der Waals surface area contributed by atoms with E-state index in [1.165, 1.54) is 0 Å². The summed E-state index contributed by atoms with van der Waals surface area (Å²) in [6.07, 6.45) is 7.43. The molecule has 0 spiro atoms. The maximum atomic E-state index is 10.9. The van der Waals surface area contributed by atoms with Crippen LogP contribution in [-0.4, -0.2) is 14.3 Å². The van der Waals surface area contributed by atoms with Gasteiger partial charge in [-0.05, 0) is 6.92 Å². The summed E-state index contributed by atoms with van der Waals surface area (Å²) in [6, 6.07) is 3.12. The molecule has 0 atom stereocenters. The van der Waals surface area contributed by atoms with Crippen LogP contribution in [0.15, 0.2) is 41.7 Å². The minimum absolute atomic E-state index is 0.0375. The Hall–Kier alpha value is -1.84. The SMILES string of the molecule is CCn1cc(Cn2ccc(=O)cc2)cn1. The molecule has 4 heteroatoms. The highest BCUT2D eigenvalue weighted by Gasteiger charge is 1.97. The first kappa shape index (κ1) is 9.71. The van der Waals surface area contributed by atoms with Crippen molar-refractivity contribution in [2.24, 2.45) is 0 Å². The van der Waals surface area contributed by atoms with Crippen molar-refractivity contribution >= 4 is 0 Å². The lowest BCUT2D eigenvalue weighted by atomic mass is 10.3. The van der Waals surface area contributed by atoms with Crippen LogP contribution in [0, 0.1) is 0 Å². The Morgan fingerprint density at radius 2 is 2.07 bits per heavy atom. The van der Waals surface area contributed by atoms with E-state index in [2.05, 4.69) is 12.0 Å². The van der Waals surface area contributed by atoms with Crippen LogP contribution in [0.5, 0.6) is 0 Å². The van der Waals surface area contributed by atoms with Crippen LogP contribution >= 0.6 is 0 Å². The Morgan fingerprint density at radius 1 is 1.33 bits per heavy atom. The van der Waals surface area contributed by atoms with Crippen LogP contribution in [0.1, 0.15) is 12.5 Å². The van der Waals surface area contributed by atoms with Gasteiger partial charge in [-0.1, -0.05) is 0 Å². The minimum atomic E-state index is 0.0375. The van der Waals surface area contributed by atoms with E-state index in [-0.39, 0.29) is 5.43 Å². The zero-order valence-electron chi connectivity index (χ0n) is 8.63. The number of aromatic nitrogens is 3. The Kier molecular flexibility index (Phi) is 2.67. The van der Waals surface area contributed by atoms with Crippen molar-refractivity contribution in [3.05, 3.63) is 52.7 Å². The van der Waals surface area contributed by atoms with Gasteiger partial charge in [-0.25, -0.2) is 0 Å². The van der Waals surface area contributed by atoms with Crippen molar-refractivity contribution in [1.29, 1.82) is 0 Å². The van der Waals surface area contributed by atoms with E-state index < -0.39 is 0 Å². The third-order valence-corrected chi connectivity index (χ3v) is 2.24. The normalized spacial score (nSPS) is 10.5. The largest absolute Gasteiger partial charge is 0.350 e. The molecule has 0 N–H and O–H groups in total. The highest BCUT2D eigenvalue weighted by atomic mass is 16.1. The lowest BCUT2D eigenvalue weighted by Gasteiger charge is -2.02. The first-order chi connectivity index (χ1) is 7.28. The molecular formula is C11H13N3O. The van der Waals surface area contributed by atoms with Crippen molar-refractivity contribution < 1.29 is 0 Å². The van der Waals surface area contributed by atoms with Gasteiger partial charge in [-0.3, -0.25) is 9.48 Å². The summed E-state index contributed by atoms with van der Waals surface area (Å²) >= 11 is 0. The molecule has 2 rings (SSSR count). The van der Waals surface area contributed by atoms with Crippen LogP contribution < -0.4 is 5.43 Å². The van der Waals surface area contributed by atoms with Crippen LogP contribution in [0.2, 0.25) is 0 Å². The van der Waals surface area contributed by atoms with Crippen molar-refractivity contribution in [3.63, 3.8) is 0 Å². The van der Waals surface area contributed by atoms with E-state index in [9.17, 15) is 4.79 Å². The molecule has 0 unspecified atom stereocenters. The average molecular weight is 203 g/mol. The quantitative estimate of drug-likeness (QED) is 0.749. The molecule has 0 aliphatic rings. The van der Waals surface area contributed by atoms with Gasteiger partial charge in [0.05, 0.1) is 12.7 Å². The topological polar surface area (TPSA) is 39.8 Å². The average Bonchev–Trinajstić information content (AvgIpc) is 2.69. The Morgan fingerprint density at radius 3 is 2.67 bits per heavy atom. The fourth-order valence-corrected chi connectivity index (χ4v) is 1.42. The van der Waals surface area contributed by atoms with Gasteiger partial charge in [0.15, 0.2) is 5.43 Å². The van der Waals surface area contributed by atoms with Gasteiger partial charge in [0.2, 0.25) is 0 Å². The Balaban J connectivity index is 2.14. The molecule has 2 heterocycles. The summed E-state index contributed by atoms with van der Waals surface area (Å²) in [7, 11) is 0. The molecular weight excluding hydrogens is 190 g/mol. The number of hydrogen-bond acceptors (Lipinski definition) is 2. The van der Waals surface area contributed by atoms with Crippen LogP contribution in [0.3, 0.4) is 0 Å². The summed E-state index contributed by atoms with van der Waals surface area (Å²) in [4.78, 5) is 10.9. The van der Waals surface area contributed by atoms with Crippen molar-refractivity contribution in [2.45, 2.75) is 20.0 Å². The molecule has 0 bridgehead atoms. The number of rotatable bonds is 3. The van der Waals surface area contributed by atoms with Crippen LogP contribution in [-0.2, 0) is 13.1 Å². The van der Waals surface area contributed by atoms with Crippen molar-refractivity contribution in [1.82, 2.24) is 14.3 Å². The van der Waals surface area contributed by atoms with E-state index in [1.54, 1.807) is 24.5 Å². The molecule has 0 aliphatic heterocycles. The summed E-state index contributed by atoms with van der Waals surface area (Å²) in [5.74, 6) is 0. The highest BCUT2D eigenvalue weighted by molar-refractivity contribution is 5.06. The molecule has 0 radical (unpaired) electrons. The number of hydrogen-bond donors (Lipinski definition) is 0. The molecule has 4 nitrogen and oxygen atoms in total. The van der Waals surface area contributed by atoms with Crippen molar-refractivity contribution in [2.75, 3.05) is 0 Å². The predicted octanol–water partition coefficient (Wildman–Crippen LogP) is 1.11. The highest BCUT2D eigenvalue weighted by Crippen LogP contribution is 2.00. The summed E-state index contributed by atoms with van der Waals surface area (Å²) in [5.41, 5.74) is 1.18. The van der Waals surface area contributed by atoms with E-state index >= 15 is 0 Å². The summed E-state index contributed by atoms with van der Waals surface area (Å²) in [5, 5.41) is 4.19. The Bertz CT molecular complexity index is 478. The zero-order chi connectivity index (χ0) is 10.7. The zero-order valence-corrected chi connectivity index (χ0v) is 8.63. The van der Waals surface area contributed by atoms with E-state index in [1.807, 2.05) is 21.6 Å². The summed E-state index contributed by atoms with van der Waals surface area (Å²) in [6.45, 7) is 3.68. The van der Waals surface area contributed by atoms with Gasteiger partial charge in [0.1, 0.15) is 0 Å². The summed E-state index contributed by atoms with van der Waals surface area (Å²) < 4.78 is 3.84. The minimum Gasteiger partial charge on any atom is -0.350 e. The van der Waals surface area contributed by atoms with Gasteiger partial charge in [0.25, 0.3) is 0 Å². The molecule has 2 aromatic rings. The molecule has 0 aliphatic carbocycles. The van der Waals surface area contributed by atoms with Gasteiger partial charge in [-0.15, -0.1) is 0 Å². The number of nitrogens with zero attached hydrogens (tertiary/aromatic N) is 3. The third-order valence-electron chi connectivity index (χ3n) is 2.24. The second kappa shape index (κ2) is 4.13. The maximum absolute atomic E-state index is 10.9. The fraction of sp³-hybridized carbons (Fsp3) is 0.273. The van der Waals surface area contributed by atoms with Gasteiger partial charge >= 0.3 is 0 Å². The number of pyridine rings is 1. The second-order valence-electron chi connectivity index (χ2n) is 3.41. The molecule has 2 aromatic heterocycles.